The number of benzene rings is 2. The largest absolute Gasteiger partial charge is 0.444 e. The van der Waals surface area contributed by atoms with Crippen LogP contribution in [0, 0.1) is 0 Å². The van der Waals surface area contributed by atoms with Crippen LogP contribution in [0.15, 0.2) is 76.1 Å². The molecule has 3 heterocycles. The predicted octanol–water partition coefficient (Wildman–Crippen LogP) is 4.67. The molecule has 6 rings (SSSR count). The van der Waals surface area contributed by atoms with E-state index in [9.17, 15) is 4.79 Å². The Morgan fingerprint density at radius 1 is 0.912 bits per heavy atom. The minimum atomic E-state index is 0.107. The highest BCUT2D eigenvalue weighted by Gasteiger charge is 2.39. The smallest absolute Gasteiger partial charge is 0.266 e. The molecular formula is C26H25N5O3. The molecule has 8 heteroatoms. The van der Waals surface area contributed by atoms with E-state index in [1.54, 1.807) is 6.20 Å². The minimum absolute atomic E-state index is 0.107. The second kappa shape index (κ2) is 8.78. The third-order valence-corrected chi connectivity index (χ3v) is 6.60. The quantitative estimate of drug-likeness (QED) is 0.418. The number of amides is 1. The molecule has 0 spiro atoms. The summed E-state index contributed by atoms with van der Waals surface area (Å²) in [5.41, 5.74) is 2.54. The van der Waals surface area contributed by atoms with E-state index in [0.717, 1.165) is 49.9 Å². The fraction of sp³-hybridized carbons (Fsp3) is 0.308. The molecular weight excluding hydrogens is 430 g/mol. The zero-order valence-corrected chi connectivity index (χ0v) is 18.7. The number of hydrogen-bond donors (Lipinski definition) is 0. The highest BCUT2D eigenvalue weighted by Crippen LogP contribution is 2.34. The van der Waals surface area contributed by atoms with Gasteiger partial charge < -0.3 is 18.7 Å². The summed E-state index contributed by atoms with van der Waals surface area (Å²) in [6, 6.07) is 17.9. The number of nitrogens with zero attached hydrogens (tertiary/aromatic N) is 5. The second-order valence-corrected chi connectivity index (χ2v) is 8.87. The molecule has 172 valence electrons. The first-order chi connectivity index (χ1) is 16.8. The van der Waals surface area contributed by atoms with Gasteiger partial charge in [0.2, 0.25) is 0 Å². The third kappa shape index (κ3) is 4.07. The van der Waals surface area contributed by atoms with Crippen molar-refractivity contribution < 1.29 is 13.7 Å². The van der Waals surface area contributed by atoms with Crippen molar-refractivity contribution in [2.75, 3.05) is 18.0 Å². The maximum atomic E-state index is 13.5. The zero-order valence-electron chi connectivity index (χ0n) is 18.7. The van der Waals surface area contributed by atoms with Gasteiger partial charge in [-0.3, -0.25) is 4.79 Å². The summed E-state index contributed by atoms with van der Waals surface area (Å²) in [4.78, 5) is 26.3. The van der Waals surface area contributed by atoms with Crippen molar-refractivity contribution in [1.82, 2.24) is 20.0 Å². The van der Waals surface area contributed by atoms with Gasteiger partial charge in [0.15, 0.2) is 12.2 Å². The normalized spacial score (nSPS) is 16.5. The molecule has 34 heavy (non-hydrogen) atoms. The Morgan fingerprint density at radius 2 is 1.65 bits per heavy atom. The lowest BCUT2D eigenvalue weighted by Crippen LogP contribution is -2.48. The number of anilines is 1. The molecule has 4 aromatic rings. The Bertz CT molecular complexity index is 1240. The molecule has 0 bridgehead atoms. The lowest BCUT2D eigenvalue weighted by Gasteiger charge is -2.38. The van der Waals surface area contributed by atoms with Crippen molar-refractivity contribution in [1.29, 1.82) is 0 Å². The molecule has 8 nitrogen and oxygen atoms in total. The lowest BCUT2D eigenvalue weighted by molar-refractivity contribution is 0.0630. The Balaban J connectivity index is 1.13. The van der Waals surface area contributed by atoms with Crippen LogP contribution in [-0.4, -0.2) is 51.1 Å². The van der Waals surface area contributed by atoms with Crippen molar-refractivity contribution in [2.45, 2.75) is 37.8 Å². The van der Waals surface area contributed by atoms with Crippen LogP contribution in [0.2, 0.25) is 0 Å². The molecule has 2 fully saturated rings. The number of aromatic nitrogens is 3. The first-order valence-electron chi connectivity index (χ1n) is 11.7. The third-order valence-electron chi connectivity index (χ3n) is 6.60. The van der Waals surface area contributed by atoms with E-state index in [1.165, 1.54) is 6.39 Å². The second-order valence-electron chi connectivity index (χ2n) is 8.87. The fourth-order valence-corrected chi connectivity index (χ4v) is 4.65. The summed E-state index contributed by atoms with van der Waals surface area (Å²) in [7, 11) is 0. The Labute approximate surface area is 197 Å². The van der Waals surface area contributed by atoms with Crippen molar-refractivity contribution in [3.05, 3.63) is 72.8 Å². The molecule has 2 aromatic heterocycles. The fourth-order valence-electron chi connectivity index (χ4n) is 4.65. The molecule has 1 saturated carbocycles. The predicted molar refractivity (Wildman–Crippen MR) is 126 cm³/mol. The summed E-state index contributed by atoms with van der Waals surface area (Å²) in [6.45, 7) is 1.58. The number of hydrogen-bond acceptors (Lipinski definition) is 7. The van der Waals surface area contributed by atoms with E-state index in [4.69, 9.17) is 8.94 Å². The van der Waals surface area contributed by atoms with Gasteiger partial charge in [0, 0.05) is 41.9 Å². The van der Waals surface area contributed by atoms with Crippen LogP contribution in [-0.2, 0) is 0 Å². The van der Waals surface area contributed by atoms with Gasteiger partial charge in [-0.1, -0.05) is 30.3 Å². The van der Waals surface area contributed by atoms with Gasteiger partial charge >= 0.3 is 0 Å². The average Bonchev–Trinajstić information content (AvgIpc) is 3.35. The molecule has 1 amide bonds. The monoisotopic (exact) mass is 455 g/mol. The molecule has 1 saturated heterocycles. The standard InChI is InChI=1S/C26H25N5O3/c32-25(20-8-6-18(7-9-20)23-16-27-17-33-23)31(21-10-11-21)22-12-14-30(15-13-22)26-28-24(34-29-26)19-4-2-1-3-5-19/h1-9,16-17,21-22H,10-15H2. The molecule has 0 N–H and O–H groups in total. The molecule has 0 radical (unpaired) electrons. The van der Waals surface area contributed by atoms with Gasteiger partial charge in [-0.25, -0.2) is 4.98 Å². The number of rotatable bonds is 6. The van der Waals surface area contributed by atoms with Crippen LogP contribution < -0.4 is 4.90 Å². The maximum absolute atomic E-state index is 13.5. The van der Waals surface area contributed by atoms with E-state index in [-0.39, 0.29) is 11.9 Å². The molecule has 2 aliphatic rings. The van der Waals surface area contributed by atoms with Gasteiger partial charge in [-0.2, -0.15) is 4.98 Å². The average molecular weight is 456 g/mol. The first kappa shape index (κ1) is 20.7. The summed E-state index contributed by atoms with van der Waals surface area (Å²) >= 11 is 0. The Morgan fingerprint density at radius 3 is 2.32 bits per heavy atom. The topological polar surface area (TPSA) is 88.5 Å². The van der Waals surface area contributed by atoms with E-state index >= 15 is 0 Å². The van der Waals surface area contributed by atoms with Crippen LogP contribution in [0.3, 0.4) is 0 Å². The van der Waals surface area contributed by atoms with E-state index in [1.807, 2.05) is 54.6 Å². The van der Waals surface area contributed by atoms with Crippen LogP contribution in [0.25, 0.3) is 22.8 Å². The molecule has 1 aliphatic carbocycles. The van der Waals surface area contributed by atoms with E-state index in [0.29, 0.717) is 29.2 Å². The van der Waals surface area contributed by atoms with Crippen molar-refractivity contribution in [2.24, 2.45) is 0 Å². The summed E-state index contributed by atoms with van der Waals surface area (Å²) in [5.74, 6) is 1.95. The van der Waals surface area contributed by atoms with Gasteiger partial charge in [-0.05, 0) is 55.1 Å². The van der Waals surface area contributed by atoms with Crippen LogP contribution in [0.4, 0.5) is 5.95 Å². The first-order valence-corrected chi connectivity index (χ1v) is 11.7. The SMILES string of the molecule is O=C(c1ccc(-c2cnco2)cc1)N(C1CC1)C1CCN(c2noc(-c3ccccc3)n2)CC1. The zero-order chi connectivity index (χ0) is 22.9. The van der Waals surface area contributed by atoms with Gasteiger partial charge in [-0.15, -0.1) is 0 Å². The highest BCUT2D eigenvalue weighted by molar-refractivity contribution is 5.95. The molecule has 1 aliphatic heterocycles. The van der Waals surface area contributed by atoms with Crippen molar-refractivity contribution in [3.8, 4) is 22.8 Å². The van der Waals surface area contributed by atoms with E-state index < -0.39 is 0 Å². The van der Waals surface area contributed by atoms with Gasteiger partial charge in [0.05, 0.1) is 6.20 Å². The van der Waals surface area contributed by atoms with E-state index in [2.05, 4.69) is 24.9 Å². The number of carbonyl (C=O) groups excluding carboxylic acids is 1. The van der Waals surface area contributed by atoms with Gasteiger partial charge in [0.25, 0.3) is 17.7 Å². The number of carbonyl (C=O) groups is 1. The Hall–Kier alpha value is -3.94. The van der Waals surface area contributed by atoms with Crippen molar-refractivity contribution in [3.63, 3.8) is 0 Å². The van der Waals surface area contributed by atoms with Crippen LogP contribution in [0.5, 0.6) is 0 Å². The summed E-state index contributed by atoms with van der Waals surface area (Å²) in [6.07, 6.45) is 7.00. The van der Waals surface area contributed by atoms with Crippen LogP contribution >= 0.6 is 0 Å². The summed E-state index contributed by atoms with van der Waals surface area (Å²) < 4.78 is 10.8. The van der Waals surface area contributed by atoms with Gasteiger partial charge in [0.1, 0.15) is 0 Å². The highest BCUT2D eigenvalue weighted by atomic mass is 16.5. The molecule has 2 aromatic carbocycles. The molecule has 0 unspecified atom stereocenters. The van der Waals surface area contributed by atoms with Crippen molar-refractivity contribution >= 4 is 11.9 Å². The molecule has 0 atom stereocenters. The summed E-state index contributed by atoms with van der Waals surface area (Å²) in [5, 5.41) is 4.19. The van der Waals surface area contributed by atoms with Crippen LogP contribution in [0.1, 0.15) is 36.0 Å². The maximum Gasteiger partial charge on any atom is 0.266 e. The number of oxazole rings is 1. The minimum Gasteiger partial charge on any atom is -0.444 e. The number of piperidine rings is 1. The Kier molecular flexibility index (Phi) is 5.33. The lowest BCUT2D eigenvalue weighted by atomic mass is 10.0.